The Morgan fingerprint density at radius 2 is 1.70 bits per heavy atom. The molecule has 4 rings (SSSR count). The van der Waals surface area contributed by atoms with Gasteiger partial charge in [-0.15, -0.1) is 0 Å². The summed E-state index contributed by atoms with van der Waals surface area (Å²) in [5.74, 6) is 1.36. The van der Waals surface area contributed by atoms with Crippen LogP contribution in [0.1, 0.15) is 0 Å². The van der Waals surface area contributed by atoms with E-state index in [1.54, 1.807) is 66.9 Å². The van der Waals surface area contributed by atoms with E-state index in [0.717, 1.165) is 5.56 Å². The van der Waals surface area contributed by atoms with Crippen LogP contribution in [-0.4, -0.2) is 21.4 Å². The van der Waals surface area contributed by atoms with Crippen molar-refractivity contribution < 1.29 is 9.53 Å². The van der Waals surface area contributed by atoms with Crippen LogP contribution < -0.4 is 9.64 Å². The largest absolute Gasteiger partial charge is 0.437 e. The molecule has 2 aromatic heterocycles. The number of aromatic nitrogens is 3. The standard InChI is InChI=1S/C21H13Cl3N4O2/c22-14-5-9-16(10-6-14)30-21-17(2-1-11-25-21)28(12-29)15-7-3-13(4-8-15)20-26-18(23)19(24)27-20/h1-12H,(H,26,27). The Kier molecular flexibility index (Phi) is 5.90. The van der Waals surface area contributed by atoms with E-state index in [-0.39, 0.29) is 16.2 Å². The Labute approximate surface area is 187 Å². The molecule has 0 unspecified atom stereocenters. The number of H-pyrrole nitrogens is 1. The summed E-state index contributed by atoms with van der Waals surface area (Å²) in [6.45, 7) is 0. The van der Waals surface area contributed by atoms with E-state index in [1.807, 2.05) is 0 Å². The van der Waals surface area contributed by atoms with Gasteiger partial charge in [0, 0.05) is 22.5 Å². The highest BCUT2D eigenvalue weighted by Gasteiger charge is 2.16. The fraction of sp³-hybridized carbons (Fsp3) is 0. The van der Waals surface area contributed by atoms with Gasteiger partial charge in [-0.05, 0) is 60.7 Å². The fourth-order valence-electron chi connectivity index (χ4n) is 2.76. The van der Waals surface area contributed by atoms with Gasteiger partial charge in [-0.1, -0.05) is 34.8 Å². The van der Waals surface area contributed by atoms with Gasteiger partial charge in [0.2, 0.25) is 12.3 Å². The smallest absolute Gasteiger partial charge is 0.243 e. The molecule has 0 spiro atoms. The molecule has 9 heteroatoms. The van der Waals surface area contributed by atoms with Gasteiger partial charge in [-0.3, -0.25) is 9.69 Å². The monoisotopic (exact) mass is 458 g/mol. The second kappa shape index (κ2) is 8.75. The normalized spacial score (nSPS) is 10.6. The van der Waals surface area contributed by atoms with Crippen LogP contribution in [0.2, 0.25) is 15.3 Å². The SMILES string of the molecule is O=CN(c1ccc(-c2nc(Cl)c(Cl)[nH]2)cc1)c1cccnc1Oc1ccc(Cl)cc1. The van der Waals surface area contributed by atoms with E-state index in [2.05, 4.69) is 15.0 Å². The number of pyridine rings is 1. The number of nitrogens with zero attached hydrogens (tertiary/aromatic N) is 3. The number of halogens is 3. The number of benzene rings is 2. The molecule has 0 aliphatic heterocycles. The number of hydrogen-bond acceptors (Lipinski definition) is 4. The van der Waals surface area contributed by atoms with Gasteiger partial charge in [0.05, 0.1) is 0 Å². The third-order valence-corrected chi connectivity index (χ3v) is 5.08. The first-order chi connectivity index (χ1) is 14.5. The molecular weight excluding hydrogens is 447 g/mol. The number of ether oxygens (including phenoxy) is 1. The maximum absolute atomic E-state index is 11.9. The van der Waals surface area contributed by atoms with Crippen LogP contribution in [0.4, 0.5) is 11.4 Å². The van der Waals surface area contributed by atoms with Gasteiger partial charge >= 0.3 is 0 Å². The summed E-state index contributed by atoms with van der Waals surface area (Å²) in [5.41, 5.74) is 1.87. The van der Waals surface area contributed by atoms with Gasteiger partial charge in [0.1, 0.15) is 22.4 Å². The van der Waals surface area contributed by atoms with Crippen LogP contribution in [-0.2, 0) is 4.79 Å². The Morgan fingerprint density at radius 3 is 2.33 bits per heavy atom. The van der Waals surface area contributed by atoms with E-state index in [1.165, 1.54) is 4.90 Å². The Hall–Kier alpha value is -3.06. The molecule has 0 atom stereocenters. The molecule has 0 radical (unpaired) electrons. The summed E-state index contributed by atoms with van der Waals surface area (Å²) >= 11 is 17.7. The Balaban J connectivity index is 1.64. The topological polar surface area (TPSA) is 71.1 Å². The average molecular weight is 460 g/mol. The van der Waals surface area contributed by atoms with Gasteiger partial charge in [-0.25, -0.2) is 9.97 Å². The van der Waals surface area contributed by atoms with Crippen LogP contribution in [0.25, 0.3) is 11.4 Å². The van der Waals surface area contributed by atoms with Crippen molar-refractivity contribution in [3.05, 3.63) is 82.2 Å². The predicted molar refractivity (Wildman–Crippen MR) is 118 cm³/mol. The van der Waals surface area contributed by atoms with Gasteiger partial charge < -0.3 is 9.72 Å². The van der Waals surface area contributed by atoms with Gasteiger partial charge in [0.15, 0.2) is 5.15 Å². The Bertz CT molecular complexity index is 1160. The van der Waals surface area contributed by atoms with Crippen molar-refractivity contribution in [3.63, 3.8) is 0 Å². The number of carbonyl (C=O) groups excluding carboxylic acids is 1. The summed E-state index contributed by atoms with van der Waals surface area (Å²) in [6, 6.07) is 17.5. The van der Waals surface area contributed by atoms with Crippen LogP contribution in [0.5, 0.6) is 11.6 Å². The molecular formula is C21H13Cl3N4O2. The van der Waals surface area contributed by atoms with Crippen molar-refractivity contribution in [2.24, 2.45) is 0 Å². The zero-order valence-corrected chi connectivity index (χ0v) is 17.5. The van der Waals surface area contributed by atoms with Crippen LogP contribution >= 0.6 is 34.8 Å². The number of nitrogens with one attached hydrogen (secondary N) is 1. The second-order valence-electron chi connectivity index (χ2n) is 6.10. The lowest BCUT2D eigenvalue weighted by molar-refractivity contribution is -0.106. The molecule has 0 saturated carbocycles. The first kappa shape index (κ1) is 20.2. The van der Waals surface area contributed by atoms with Crippen LogP contribution in [0.3, 0.4) is 0 Å². The summed E-state index contributed by atoms with van der Waals surface area (Å²) in [5, 5.41) is 1.06. The lowest BCUT2D eigenvalue weighted by Gasteiger charge is -2.20. The van der Waals surface area contributed by atoms with Crippen molar-refractivity contribution in [2.75, 3.05) is 4.90 Å². The molecule has 150 valence electrons. The molecule has 2 heterocycles. The summed E-state index contributed by atoms with van der Waals surface area (Å²) in [4.78, 5) is 24.7. The molecule has 0 aliphatic rings. The number of imidazole rings is 1. The highest BCUT2D eigenvalue weighted by atomic mass is 35.5. The lowest BCUT2D eigenvalue weighted by atomic mass is 10.2. The summed E-state index contributed by atoms with van der Waals surface area (Å²) in [7, 11) is 0. The van der Waals surface area contributed by atoms with Crippen molar-refractivity contribution >= 4 is 52.6 Å². The molecule has 30 heavy (non-hydrogen) atoms. The summed E-state index contributed by atoms with van der Waals surface area (Å²) in [6.07, 6.45) is 2.28. The predicted octanol–water partition coefficient (Wildman–Crippen LogP) is 6.52. The minimum Gasteiger partial charge on any atom is -0.437 e. The van der Waals surface area contributed by atoms with E-state index < -0.39 is 0 Å². The maximum Gasteiger partial charge on any atom is 0.243 e. The molecule has 4 aromatic rings. The fourth-order valence-corrected chi connectivity index (χ4v) is 3.15. The highest BCUT2D eigenvalue weighted by molar-refractivity contribution is 6.40. The van der Waals surface area contributed by atoms with Gasteiger partial charge in [0.25, 0.3) is 0 Å². The number of aromatic amines is 1. The van der Waals surface area contributed by atoms with E-state index in [4.69, 9.17) is 39.5 Å². The third-order valence-electron chi connectivity index (χ3n) is 4.18. The number of anilines is 2. The minimum absolute atomic E-state index is 0.199. The number of rotatable bonds is 6. The van der Waals surface area contributed by atoms with Crippen molar-refractivity contribution in [3.8, 4) is 23.0 Å². The average Bonchev–Trinajstić information content (AvgIpc) is 3.10. The van der Waals surface area contributed by atoms with Crippen molar-refractivity contribution in [2.45, 2.75) is 0 Å². The summed E-state index contributed by atoms with van der Waals surface area (Å²) < 4.78 is 5.86. The minimum atomic E-state index is 0.199. The Morgan fingerprint density at radius 1 is 0.967 bits per heavy atom. The molecule has 1 amide bonds. The molecule has 0 aliphatic carbocycles. The van der Waals surface area contributed by atoms with Crippen LogP contribution in [0, 0.1) is 0 Å². The number of amides is 1. The molecule has 0 saturated heterocycles. The van der Waals surface area contributed by atoms with Crippen molar-refractivity contribution in [1.29, 1.82) is 0 Å². The maximum atomic E-state index is 11.9. The van der Waals surface area contributed by atoms with E-state index in [9.17, 15) is 4.79 Å². The van der Waals surface area contributed by atoms with E-state index >= 15 is 0 Å². The zero-order valence-electron chi connectivity index (χ0n) is 15.2. The lowest BCUT2D eigenvalue weighted by Crippen LogP contribution is -2.15. The third kappa shape index (κ3) is 4.26. The second-order valence-corrected chi connectivity index (χ2v) is 7.27. The first-order valence-electron chi connectivity index (χ1n) is 8.69. The highest BCUT2D eigenvalue weighted by Crippen LogP contribution is 2.35. The molecule has 1 N–H and O–H groups in total. The first-order valence-corrected chi connectivity index (χ1v) is 9.83. The zero-order chi connectivity index (χ0) is 21.1. The molecule has 0 bridgehead atoms. The number of hydrogen-bond donors (Lipinski definition) is 1. The number of carbonyl (C=O) groups is 1. The van der Waals surface area contributed by atoms with Crippen LogP contribution in [0.15, 0.2) is 66.9 Å². The molecule has 6 nitrogen and oxygen atoms in total. The van der Waals surface area contributed by atoms with E-state index in [0.29, 0.717) is 34.4 Å². The molecule has 2 aromatic carbocycles. The van der Waals surface area contributed by atoms with Crippen molar-refractivity contribution in [1.82, 2.24) is 15.0 Å². The van der Waals surface area contributed by atoms with Gasteiger partial charge in [-0.2, -0.15) is 0 Å². The quantitative estimate of drug-likeness (QED) is 0.333. The molecule has 0 fully saturated rings.